The van der Waals surface area contributed by atoms with Gasteiger partial charge in [-0.3, -0.25) is 9.79 Å². The molecule has 31 heavy (non-hydrogen) atoms. The van der Waals surface area contributed by atoms with Crippen LogP contribution in [-0.2, 0) is 6.42 Å². The average molecular weight is 438 g/mol. The fourth-order valence-electron chi connectivity index (χ4n) is 4.34. The Kier molecular flexibility index (Phi) is 6.17. The van der Waals surface area contributed by atoms with Crippen molar-refractivity contribution in [3.8, 4) is 0 Å². The van der Waals surface area contributed by atoms with Gasteiger partial charge in [-0.1, -0.05) is 41.4 Å². The zero-order valence-electron chi connectivity index (χ0n) is 18.2. The van der Waals surface area contributed by atoms with Crippen molar-refractivity contribution in [3.05, 3.63) is 80.1 Å². The maximum Gasteiger partial charge on any atom is 0.199 e. The highest BCUT2D eigenvalue weighted by molar-refractivity contribution is 6.31. The number of pyridine rings is 1. The third kappa shape index (κ3) is 4.39. The molecule has 0 bridgehead atoms. The summed E-state index contributed by atoms with van der Waals surface area (Å²) in [5.41, 5.74) is 4.71. The number of fused-ring (bicyclic) bond motifs is 2. The van der Waals surface area contributed by atoms with Crippen molar-refractivity contribution < 1.29 is 5.21 Å². The average Bonchev–Trinajstić information content (AvgIpc) is 2.75. The Bertz CT molecular complexity index is 1200. The molecule has 2 aromatic carbocycles. The second-order valence-corrected chi connectivity index (χ2v) is 9.06. The molecule has 1 N–H and O–H groups in total. The number of hydrogen-bond donors (Lipinski definition) is 1. The molecule has 0 fully saturated rings. The number of rotatable bonds is 5. The van der Waals surface area contributed by atoms with E-state index in [2.05, 4.69) is 36.1 Å². The predicted octanol–water partition coefficient (Wildman–Crippen LogP) is 4.67. The summed E-state index contributed by atoms with van der Waals surface area (Å²) in [4.78, 5) is 20.4. The Morgan fingerprint density at radius 3 is 2.61 bits per heavy atom. The van der Waals surface area contributed by atoms with Gasteiger partial charge in [0.05, 0.1) is 22.2 Å². The molecule has 5 nitrogen and oxygen atoms in total. The Morgan fingerprint density at radius 1 is 1.16 bits per heavy atom. The van der Waals surface area contributed by atoms with E-state index in [4.69, 9.17) is 16.6 Å². The standard InChI is InChI=1S/C25H28ClN3O2/c1-16-5-7-17(8-6-16)18-13-21(27-11-4-12-28(2)3)24-23(14-18)29(31)22-10-9-19(26)15-20(22)25(24)30/h5-10,15,18,31H,4,11-14H2,1-3H3. The zero-order valence-corrected chi connectivity index (χ0v) is 19.0. The van der Waals surface area contributed by atoms with Crippen LogP contribution in [0.4, 0.5) is 0 Å². The lowest BCUT2D eigenvalue weighted by Gasteiger charge is -2.28. The summed E-state index contributed by atoms with van der Waals surface area (Å²) < 4.78 is 1.16. The zero-order chi connectivity index (χ0) is 22.1. The highest BCUT2D eigenvalue weighted by Gasteiger charge is 2.30. The molecule has 1 aliphatic rings. The van der Waals surface area contributed by atoms with Gasteiger partial charge in [0.15, 0.2) is 5.43 Å². The number of aliphatic imine (C=N–C) groups is 1. The fourth-order valence-corrected chi connectivity index (χ4v) is 4.51. The summed E-state index contributed by atoms with van der Waals surface area (Å²) in [6.07, 6.45) is 2.17. The van der Waals surface area contributed by atoms with Gasteiger partial charge in [0.2, 0.25) is 0 Å². The van der Waals surface area contributed by atoms with Crippen LogP contribution in [0, 0.1) is 6.92 Å². The van der Waals surface area contributed by atoms with Gasteiger partial charge in [-0.05, 0) is 76.5 Å². The van der Waals surface area contributed by atoms with E-state index in [0.717, 1.165) is 23.4 Å². The lowest BCUT2D eigenvalue weighted by molar-refractivity contribution is 0.186. The molecule has 162 valence electrons. The molecule has 4 rings (SSSR count). The second kappa shape index (κ2) is 8.85. The molecular weight excluding hydrogens is 410 g/mol. The van der Waals surface area contributed by atoms with E-state index in [1.807, 2.05) is 14.1 Å². The number of benzene rings is 2. The lowest BCUT2D eigenvalue weighted by Crippen LogP contribution is -2.31. The van der Waals surface area contributed by atoms with E-state index < -0.39 is 0 Å². The largest absolute Gasteiger partial charge is 0.428 e. The van der Waals surface area contributed by atoms with Crippen LogP contribution in [0.15, 0.2) is 52.3 Å². The topological polar surface area (TPSA) is 57.8 Å². The predicted molar refractivity (Wildman–Crippen MR) is 127 cm³/mol. The minimum Gasteiger partial charge on any atom is -0.428 e. The molecule has 0 aliphatic heterocycles. The molecule has 1 heterocycles. The van der Waals surface area contributed by atoms with E-state index in [-0.39, 0.29) is 11.3 Å². The molecule has 1 unspecified atom stereocenters. The van der Waals surface area contributed by atoms with Gasteiger partial charge in [0, 0.05) is 17.3 Å². The van der Waals surface area contributed by atoms with E-state index in [1.165, 1.54) is 11.1 Å². The van der Waals surface area contributed by atoms with E-state index in [9.17, 15) is 10.0 Å². The second-order valence-electron chi connectivity index (χ2n) is 8.63. The quantitative estimate of drug-likeness (QED) is 0.466. The SMILES string of the molecule is Cc1ccc(C2CC(=NCCCN(C)C)c3c(n(O)c4ccc(Cl)cc4c3=O)C2)cc1. The molecule has 1 aromatic heterocycles. The third-order valence-electron chi connectivity index (χ3n) is 5.99. The molecule has 0 spiro atoms. The van der Waals surface area contributed by atoms with Crippen LogP contribution in [0.2, 0.25) is 5.02 Å². The van der Waals surface area contributed by atoms with Crippen LogP contribution in [0.25, 0.3) is 10.9 Å². The van der Waals surface area contributed by atoms with Gasteiger partial charge in [0.1, 0.15) is 0 Å². The van der Waals surface area contributed by atoms with Crippen LogP contribution < -0.4 is 5.43 Å². The Morgan fingerprint density at radius 2 is 1.90 bits per heavy atom. The maximum absolute atomic E-state index is 13.4. The van der Waals surface area contributed by atoms with Crippen molar-refractivity contribution in [2.24, 2.45) is 4.99 Å². The summed E-state index contributed by atoms with van der Waals surface area (Å²) in [7, 11) is 4.08. The van der Waals surface area contributed by atoms with Crippen molar-refractivity contribution in [1.82, 2.24) is 9.63 Å². The number of halogens is 1. The lowest BCUT2D eigenvalue weighted by atomic mass is 9.80. The van der Waals surface area contributed by atoms with Gasteiger partial charge in [-0.15, -0.1) is 0 Å². The molecule has 3 aromatic rings. The first kappa shape index (κ1) is 21.6. The van der Waals surface area contributed by atoms with Crippen LogP contribution in [-0.4, -0.2) is 47.7 Å². The van der Waals surface area contributed by atoms with Crippen molar-refractivity contribution in [3.63, 3.8) is 0 Å². The molecule has 1 atom stereocenters. The van der Waals surface area contributed by atoms with Crippen molar-refractivity contribution in [2.45, 2.75) is 32.1 Å². The van der Waals surface area contributed by atoms with Crippen LogP contribution in [0.3, 0.4) is 0 Å². The smallest absolute Gasteiger partial charge is 0.199 e. The molecule has 0 amide bonds. The molecule has 1 aliphatic carbocycles. The molecule has 0 saturated carbocycles. The van der Waals surface area contributed by atoms with Gasteiger partial charge < -0.3 is 10.1 Å². The monoisotopic (exact) mass is 437 g/mol. The Hall–Kier alpha value is -2.63. The fraction of sp³-hybridized carbons (Fsp3) is 0.360. The highest BCUT2D eigenvalue weighted by atomic mass is 35.5. The van der Waals surface area contributed by atoms with Crippen molar-refractivity contribution >= 4 is 28.2 Å². The van der Waals surface area contributed by atoms with Crippen LogP contribution in [0.5, 0.6) is 0 Å². The van der Waals surface area contributed by atoms with Gasteiger partial charge >= 0.3 is 0 Å². The van der Waals surface area contributed by atoms with Crippen molar-refractivity contribution in [2.75, 3.05) is 27.2 Å². The van der Waals surface area contributed by atoms with Crippen LogP contribution >= 0.6 is 11.6 Å². The van der Waals surface area contributed by atoms with Crippen LogP contribution in [0.1, 0.15) is 41.1 Å². The number of nitrogens with zero attached hydrogens (tertiary/aromatic N) is 3. The Labute approximate surface area is 187 Å². The third-order valence-corrected chi connectivity index (χ3v) is 6.22. The summed E-state index contributed by atoms with van der Waals surface area (Å²) in [5, 5.41) is 11.9. The minimum atomic E-state index is -0.105. The van der Waals surface area contributed by atoms with Gasteiger partial charge in [0.25, 0.3) is 0 Å². The number of hydrogen-bond acceptors (Lipinski definition) is 4. The van der Waals surface area contributed by atoms with Gasteiger partial charge in [-0.2, -0.15) is 4.73 Å². The molecule has 0 saturated heterocycles. The van der Waals surface area contributed by atoms with Crippen molar-refractivity contribution in [1.29, 1.82) is 0 Å². The van der Waals surface area contributed by atoms with E-state index in [0.29, 0.717) is 46.6 Å². The minimum absolute atomic E-state index is 0.105. The maximum atomic E-state index is 13.4. The van der Waals surface area contributed by atoms with E-state index in [1.54, 1.807) is 18.2 Å². The normalized spacial score (nSPS) is 17.5. The molecule has 6 heteroatoms. The number of aryl methyl sites for hydroxylation is 1. The summed E-state index contributed by atoms with van der Waals surface area (Å²) in [5.74, 6) is 0.156. The summed E-state index contributed by atoms with van der Waals surface area (Å²) in [6, 6.07) is 13.5. The first-order valence-electron chi connectivity index (χ1n) is 10.7. The van der Waals surface area contributed by atoms with Gasteiger partial charge in [-0.25, -0.2) is 0 Å². The first-order chi connectivity index (χ1) is 14.8. The first-order valence-corrected chi connectivity index (χ1v) is 11.0. The molecular formula is C25H28ClN3O2. The number of aromatic nitrogens is 1. The summed E-state index contributed by atoms with van der Waals surface area (Å²) >= 11 is 6.15. The summed E-state index contributed by atoms with van der Waals surface area (Å²) in [6.45, 7) is 3.65. The van der Waals surface area contributed by atoms with E-state index >= 15 is 0 Å². The Balaban J connectivity index is 1.84. The highest BCUT2D eigenvalue weighted by Crippen LogP contribution is 2.33. The molecule has 0 radical (unpaired) electrons.